The summed E-state index contributed by atoms with van der Waals surface area (Å²) < 4.78 is 12.1. The fourth-order valence-electron chi connectivity index (χ4n) is 1.86. The van der Waals surface area contributed by atoms with Gasteiger partial charge < -0.3 is 14.4 Å². The first kappa shape index (κ1) is 13.8. The van der Waals surface area contributed by atoms with Gasteiger partial charge in [-0.05, 0) is 28.1 Å². The Labute approximate surface area is 122 Å². The number of rotatable bonds is 2. The number of morpholine rings is 1. The van der Waals surface area contributed by atoms with Gasteiger partial charge in [-0.15, -0.1) is 0 Å². The number of hydrogen-bond donors (Lipinski definition) is 0. The van der Waals surface area contributed by atoms with Gasteiger partial charge in [-0.2, -0.15) is 0 Å². The van der Waals surface area contributed by atoms with Gasteiger partial charge in [-0.3, -0.25) is 4.79 Å². The zero-order valence-corrected chi connectivity index (χ0v) is 13.1. The van der Waals surface area contributed by atoms with Gasteiger partial charge in [0.15, 0.2) is 0 Å². The molecule has 0 saturated carbocycles. The topological polar surface area (TPSA) is 38.8 Å². The second-order valence-corrected chi connectivity index (χ2v) is 5.64. The van der Waals surface area contributed by atoms with Crippen LogP contribution in [0.2, 0.25) is 0 Å². The summed E-state index contributed by atoms with van der Waals surface area (Å²) in [6, 6.07) is 3.64. The highest BCUT2D eigenvalue weighted by molar-refractivity contribution is 9.11. The number of halogens is 2. The fourth-order valence-corrected chi connectivity index (χ4v) is 3.25. The molecule has 1 saturated heterocycles. The van der Waals surface area contributed by atoms with Crippen molar-refractivity contribution in [1.82, 2.24) is 4.90 Å². The molecular weight excluding hydrogens is 366 g/mol. The molecule has 6 heteroatoms. The summed E-state index contributed by atoms with van der Waals surface area (Å²) in [5, 5.41) is 0. The van der Waals surface area contributed by atoms with Crippen molar-refractivity contribution in [3.63, 3.8) is 0 Å². The maximum absolute atomic E-state index is 12.4. The Balaban J connectivity index is 2.33. The van der Waals surface area contributed by atoms with E-state index in [0.29, 0.717) is 37.6 Å². The number of hydrogen-bond acceptors (Lipinski definition) is 3. The Hall–Kier alpha value is -0.590. The van der Waals surface area contributed by atoms with E-state index in [9.17, 15) is 4.79 Å². The molecule has 2 rings (SSSR count). The molecule has 0 bridgehead atoms. The zero-order chi connectivity index (χ0) is 13.1. The maximum Gasteiger partial charge on any atom is 0.257 e. The van der Waals surface area contributed by atoms with Crippen LogP contribution < -0.4 is 4.74 Å². The van der Waals surface area contributed by atoms with Gasteiger partial charge in [0.05, 0.1) is 30.4 Å². The maximum atomic E-state index is 12.4. The Morgan fingerprint density at radius 2 is 2.00 bits per heavy atom. The molecule has 0 aromatic heterocycles. The van der Waals surface area contributed by atoms with E-state index in [-0.39, 0.29) is 5.91 Å². The SMILES string of the molecule is COc1c(Br)cc(Br)cc1C(=O)N1CCOCC1. The molecule has 1 aromatic carbocycles. The van der Waals surface area contributed by atoms with Gasteiger partial charge in [-0.25, -0.2) is 0 Å². The van der Waals surface area contributed by atoms with Crippen LogP contribution in [0.3, 0.4) is 0 Å². The number of methoxy groups -OCH3 is 1. The van der Waals surface area contributed by atoms with E-state index >= 15 is 0 Å². The Bertz CT molecular complexity index is 459. The highest BCUT2D eigenvalue weighted by atomic mass is 79.9. The summed E-state index contributed by atoms with van der Waals surface area (Å²) in [5.41, 5.74) is 0.556. The molecule has 1 aliphatic heterocycles. The molecule has 0 atom stereocenters. The van der Waals surface area contributed by atoms with Gasteiger partial charge in [0.1, 0.15) is 5.75 Å². The molecule has 98 valence electrons. The van der Waals surface area contributed by atoms with Gasteiger partial charge in [0.25, 0.3) is 5.91 Å². The predicted molar refractivity (Wildman–Crippen MR) is 75.1 cm³/mol. The molecule has 0 aliphatic carbocycles. The molecule has 0 radical (unpaired) electrons. The highest BCUT2D eigenvalue weighted by Gasteiger charge is 2.23. The van der Waals surface area contributed by atoms with Crippen LogP contribution in [-0.4, -0.2) is 44.2 Å². The predicted octanol–water partition coefficient (Wildman–Crippen LogP) is 2.69. The van der Waals surface area contributed by atoms with Crippen LogP contribution >= 0.6 is 31.9 Å². The molecule has 1 fully saturated rings. The lowest BCUT2D eigenvalue weighted by atomic mass is 10.1. The standard InChI is InChI=1S/C12H13Br2NO3/c1-17-11-9(6-8(13)7-10(11)14)12(16)15-2-4-18-5-3-15/h6-7H,2-5H2,1H3. The summed E-state index contributed by atoms with van der Waals surface area (Å²) in [5.74, 6) is 0.534. The molecule has 1 heterocycles. The van der Waals surface area contributed by atoms with Crippen molar-refractivity contribution in [3.8, 4) is 5.75 Å². The minimum atomic E-state index is -0.0304. The van der Waals surface area contributed by atoms with Crippen LogP contribution in [-0.2, 0) is 4.74 Å². The van der Waals surface area contributed by atoms with Crippen LogP contribution in [0, 0.1) is 0 Å². The van der Waals surface area contributed by atoms with Gasteiger partial charge in [-0.1, -0.05) is 15.9 Å². The van der Waals surface area contributed by atoms with E-state index in [1.807, 2.05) is 6.07 Å². The van der Waals surface area contributed by atoms with E-state index in [1.165, 1.54) is 0 Å². The third-order valence-electron chi connectivity index (χ3n) is 2.74. The first-order chi connectivity index (χ1) is 8.63. The molecule has 1 amide bonds. The van der Waals surface area contributed by atoms with Crippen LogP contribution in [0.25, 0.3) is 0 Å². The normalized spacial score (nSPS) is 15.6. The smallest absolute Gasteiger partial charge is 0.257 e. The lowest BCUT2D eigenvalue weighted by molar-refractivity contribution is 0.0301. The van der Waals surface area contributed by atoms with Gasteiger partial charge in [0.2, 0.25) is 0 Å². The third-order valence-corrected chi connectivity index (χ3v) is 3.79. The number of benzene rings is 1. The van der Waals surface area contributed by atoms with E-state index < -0.39 is 0 Å². The minimum Gasteiger partial charge on any atom is -0.495 e. The van der Waals surface area contributed by atoms with E-state index in [2.05, 4.69) is 31.9 Å². The minimum absolute atomic E-state index is 0.0304. The number of amides is 1. The summed E-state index contributed by atoms with van der Waals surface area (Å²) >= 11 is 6.79. The number of carbonyl (C=O) groups excluding carboxylic acids is 1. The Morgan fingerprint density at radius 3 is 2.61 bits per heavy atom. The average Bonchev–Trinajstić information content (AvgIpc) is 2.38. The molecule has 0 unspecified atom stereocenters. The number of nitrogens with zero attached hydrogens (tertiary/aromatic N) is 1. The monoisotopic (exact) mass is 377 g/mol. The van der Waals surface area contributed by atoms with Crippen LogP contribution in [0.1, 0.15) is 10.4 Å². The van der Waals surface area contributed by atoms with Crippen LogP contribution in [0.15, 0.2) is 21.1 Å². The number of carbonyl (C=O) groups is 1. The molecule has 1 aromatic rings. The first-order valence-corrected chi connectivity index (χ1v) is 7.12. The van der Waals surface area contributed by atoms with E-state index in [0.717, 1.165) is 8.95 Å². The van der Waals surface area contributed by atoms with E-state index in [1.54, 1.807) is 18.1 Å². The Kier molecular flexibility index (Phi) is 4.64. The third kappa shape index (κ3) is 2.87. The fraction of sp³-hybridized carbons (Fsp3) is 0.417. The number of ether oxygens (including phenoxy) is 2. The van der Waals surface area contributed by atoms with Crippen molar-refractivity contribution in [2.45, 2.75) is 0 Å². The van der Waals surface area contributed by atoms with Crippen molar-refractivity contribution >= 4 is 37.8 Å². The molecular formula is C12H13Br2NO3. The molecule has 0 spiro atoms. The van der Waals surface area contributed by atoms with Crippen molar-refractivity contribution in [1.29, 1.82) is 0 Å². The van der Waals surface area contributed by atoms with E-state index in [4.69, 9.17) is 9.47 Å². The van der Waals surface area contributed by atoms with Crippen molar-refractivity contribution in [3.05, 3.63) is 26.6 Å². The summed E-state index contributed by atoms with van der Waals surface area (Å²) in [6.07, 6.45) is 0. The van der Waals surface area contributed by atoms with Crippen molar-refractivity contribution in [2.75, 3.05) is 33.4 Å². The quantitative estimate of drug-likeness (QED) is 0.794. The lowest BCUT2D eigenvalue weighted by Crippen LogP contribution is -2.40. The van der Waals surface area contributed by atoms with Crippen LogP contribution in [0.4, 0.5) is 0 Å². The van der Waals surface area contributed by atoms with Crippen LogP contribution in [0.5, 0.6) is 5.75 Å². The van der Waals surface area contributed by atoms with Gasteiger partial charge in [0, 0.05) is 17.6 Å². The average molecular weight is 379 g/mol. The lowest BCUT2D eigenvalue weighted by Gasteiger charge is -2.27. The second kappa shape index (κ2) is 6.04. The first-order valence-electron chi connectivity index (χ1n) is 5.53. The molecule has 4 nitrogen and oxygen atoms in total. The van der Waals surface area contributed by atoms with Gasteiger partial charge >= 0.3 is 0 Å². The molecule has 0 N–H and O–H groups in total. The Morgan fingerprint density at radius 1 is 1.33 bits per heavy atom. The van der Waals surface area contributed by atoms with Crippen molar-refractivity contribution in [2.24, 2.45) is 0 Å². The largest absolute Gasteiger partial charge is 0.495 e. The summed E-state index contributed by atoms with van der Waals surface area (Å²) in [4.78, 5) is 14.2. The molecule has 18 heavy (non-hydrogen) atoms. The summed E-state index contributed by atoms with van der Waals surface area (Å²) in [7, 11) is 1.56. The zero-order valence-electron chi connectivity index (χ0n) is 9.91. The second-order valence-electron chi connectivity index (χ2n) is 3.87. The highest BCUT2D eigenvalue weighted by Crippen LogP contribution is 2.33. The molecule has 1 aliphatic rings. The summed E-state index contributed by atoms with van der Waals surface area (Å²) in [6.45, 7) is 2.41. The van der Waals surface area contributed by atoms with Crippen molar-refractivity contribution < 1.29 is 14.3 Å².